The number of aromatic nitrogens is 1. The zero-order valence-corrected chi connectivity index (χ0v) is 12.8. The fourth-order valence-corrected chi connectivity index (χ4v) is 2.32. The molecule has 0 bridgehead atoms. The summed E-state index contributed by atoms with van der Waals surface area (Å²) in [6.45, 7) is 1.06. The molecule has 0 amide bonds. The van der Waals surface area contributed by atoms with Crippen LogP contribution in [0.4, 0.5) is 0 Å². The largest absolute Gasteiger partial charge is 0.493 e. The lowest BCUT2D eigenvalue weighted by molar-refractivity contribution is 0.296. The molecule has 2 aromatic rings. The molecule has 0 saturated heterocycles. The molecule has 1 aromatic heterocycles. The third-order valence-corrected chi connectivity index (χ3v) is 3.33. The number of hydrogen-bond donors (Lipinski definition) is 1. The first-order valence-electron chi connectivity index (χ1n) is 6.83. The predicted molar refractivity (Wildman–Crippen MR) is 84.2 cm³/mol. The summed E-state index contributed by atoms with van der Waals surface area (Å²) in [5.74, 6) is 1.20. The molecule has 21 heavy (non-hydrogen) atoms. The fraction of sp³-hybridized carbons (Fsp3) is 0.312. The van der Waals surface area contributed by atoms with Crippen molar-refractivity contribution in [2.45, 2.75) is 12.8 Å². The van der Waals surface area contributed by atoms with Gasteiger partial charge in [0, 0.05) is 18.3 Å². The summed E-state index contributed by atoms with van der Waals surface area (Å²) >= 11 is 6.27. The van der Waals surface area contributed by atoms with Crippen LogP contribution in [0.5, 0.6) is 11.5 Å². The van der Waals surface area contributed by atoms with Crippen LogP contribution in [0.2, 0.25) is 5.02 Å². The van der Waals surface area contributed by atoms with Gasteiger partial charge in [0.05, 0.1) is 18.7 Å². The molecule has 5 heteroatoms. The van der Waals surface area contributed by atoms with Crippen LogP contribution >= 0.6 is 11.6 Å². The van der Waals surface area contributed by atoms with Gasteiger partial charge in [-0.2, -0.15) is 0 Å². The summed E-state index contributed by atoms with van der Waals surface area (Å²) in [6, 6.07) is 9.59. The summed E-state index contributed by atoms with van der Waals surface area (Å²) in [6.07, 6.45) is 3.24. The van der Waals surface area contributed by atoms with E-state index >= 15 is 0 Å². The second kappa shape index (κ2) is 7.86. The molecule has 0 aliphatic rings. The van der Waals surface area contributed by atoms with Crippen molar-refractivity contribution >= 4 is 11.6 Å². The van der Waals surface area contributed by atoms with E-state index in [0.29, 0.717) is 36.1 Å². The number of benzene rings is 1. The van der Waals surface area contributed by atoms with Gasteiger partial charge in [-0.05, 0) is 42.8 Å². The molecule has 4 nitrogen and oxygen atoms in total. The van der Waals surface area contributed by atoms with Crippen molar-refractivity contribution in [3.63, 3.8) is 0 Å². The van der Waals surface area contributed by atoms with Gasteiger partial charge in [0.1, 0.15) is 0 Å². The molecule has 2 N–H and O–H groups in total. The van der Waals surface area contributed by atoms with Gasteiger partial charge in [-0.25, -0.2) is 0 Å². The summed E-state index contributed by atoms with van der Waals surface area (Å²) < 4.78 is 11.1. The maximum atomic E-state index is 6.27. The minimum absolute atomic E-state index is 0.489. The molecule has 0 unspecified atom stereocenters. The second-order valence-corrected chi connectivity index (χ2v) is 4.97. The highest BCUT2D eigenvalue weighted by Gasteiger charge is 2.12. The Labute approximate surface area is 129 Å². The van der Waals surface area contributed by atoms with E-state index in [1.807, 2.05) is 30.3 Å². The number of nitrogens with zero attached hydrogens (tertiary/aromatic N) is 1. The highest BCUT2D eigenvalue weighted by Crippen LogP contribution is 2.36. The SMILES string of the molecule is COc1cc(CCN)cc(Cl)c1OCCc1ccccn1. The van der Waals surface area contributed by atoms with E-state index in [-0.39, 0.29) is 0 Å². The standard InChI is InChI=1S/C16H19ClN2O2/c1-20-15-11-12(5-7-18)10-14(17)16(15)21-9-6-13-4-2-3-8-19-13/h2-4,8,10-11H,5-7,9,18H2,1H3. The average Bonchev–Trinajstić information content (AvgIpc) is 2.50. The Morgan fingerprint density at radius 2 is 2.10 bits per heavy atom. The van der Waals surface area contributed by atoms with Crippen molar-refractivity contribution in [1.82, 2.24) is 4.98 Å². The molecule has 1 heterocycles. The van der Waals surface area contributed by atoms with Gasteiger partial charge in [0.25, 0.3) is 0 Å². The van der Waals surface area contributed by atoms with E-state index < -0.39 is 0 Å². The first-order chi connectivity index (χ1) is 10.2. The van der Waals surface area contributed by atoms with Crippen LogP contribution in [0, 0.1) is 0 Å². The molecule has 0 fully saturated rings. The Morgan fingerprint density at radius 3 is 2.76 bits per heavy atom. The highest BCUT2D eigenvalue weighted by atomic mass is 35.5. The van der Waals surface area contributed by atoms with E-state index in [2.05, 4.69) is 4.98 Å². The number of rotatable bonds is 7. The van der Waals surface area contributed by atoms with E-state index in [9.17, 15) is 0 Å². The topological polar surface area (TPSA) is 57.4 Å². The number of ether oxygens (including phenoxy) is 2. The van der Waals surface area contributed by atoms with Crippen molar-refractivity contribution in [3.8, 4) is 11.5 Å². The van der Waals surface area contributed by atoms with Crippen molar-refractivity contribution in [2.24, 2.45) is 5.73 Å². The Bertz CT molecular complexity index is 576. The summed E-state index contributed by atoms with van der Waals surface area (Å²) in [7, 11) is 1.60. The van der Waals surface area contributed by atoms with Crippen LogP contribution < -0.4 is 15.2 Å². The van der Waals surface area contributed by atoms with E-state index in [1.165, 1.54) is 0 Å². The fourth-order valence-electron chi connectivity index (χ4n) is 2.03. The smallest absolute Gasteiger partial charge is 0.179 e. The first-order valence-corrected chi connectivity index (χ1v) is 7.21. The van der Waals surface area contributed by atoms with Crippen LogP contribution in [-0.4, -0.2) is 25.2 Å². The van der Waals surface area contributed by atoms with Gasteiger partial charge in [-0.3, -0.25) is 4.98 Å². The van der Waals surface area contributed by atoms with E-state index in [1.54, 1.807) is 13.3 Å². The lowest BCUT2D eigenvalue weighted by atomic mass is 10.1. The average molecular weight is 307 g/mol. The molecular weight excluding hydrogens is 288 g/mol. The van der Waals surface area contributed by atoms with Crippen molar-refractivity contribution in [1.29, 1.82) is 0 Å². The molecule has 2 rings (SSSR count). The molecule has 0 spiro atoms. The summed E-state index contributed by atoms with van der Waals surface area (Å²) in [5.41, 5.74) is 7.58. The molecule has 0 aliphatic heterocycles. The predicted octanol–water partition coefficient (Wildman–Crippen LogP) is 2.87. The van der Waals surface area contributed by atoms with Gasteiger partial charge in [-0.15, -0.1) is 0 Å². The van der Waals surface area contributed by atoms with Gasteiger partial charge in [0.2, 0.25) is 0 Å². The third kappa shape index (κ3) is 4.34. The second-order valence-electron chi connectivity index (χ2n) is 4.57. The van der Waals surface area contributed by atoms with Crippen LogP contribution in [-0.2, 0) is 12.8 Å². The Kier molecular flexibility index (Phi) is 5.84. The number of pyridine rings is 1. The Balaban J connectivity index is 2.05. The van der Waals surface area contributed by atoms with Gasteiger partial charge in [0.15, 0.2) is 11.5 Å². The minimum Gasteiger partial charge on any atom is -0.493 e. The van der Waals surface area contributed by atoms with Crippen molar-refractivity contribution < 1.29 is 9.47 Å². The van der Waals surface area contributed by atoms with Crippen molar-refractivity contribution in [3.05, 3.63) is 52.8 Å². The normalized spacial score (nSPS) is 10.4. The summed E-state index contributed by atoms with van der Waals surface area (Å²) in [5, 5.41) is 0.541. The van der Waals surface area contributed by atoms with E-state index in [0.717, 1.165) is 17.7 Å². The molecule has 0 atom stereocenters. The Hall–Kier alpha value is -1.78. The number of methoxy groups -OCH3 is 1. The maximum absolute atomic E-state index is 6.27. The number of nitrogens with two attached hydrogens (primary N) is 1. The highest BCUT2D eigenvalue weighted by molar-refractivity contribution is 6.32. The molecule has 0 saturated carbocycles. The zero-order chi connectivity index (χ0) is 15.1. The summed E-state index contributed by atoms with van der Waals surface area (Å²) in [4.78, 5) is 4.26. The minimum atomic E-state index is 0.489. The third-order valence-electron chi connectivity index (χ3n) is 3.05. The van der Waals surface area contributed by atoms with E-state index in [4.69, 9.17) is 26.8 Å². The van der Waals surface area contributed by atoms with Crippen LogP contribution in [0.25, 0.3) is 0 Å². The van der Waals surface area contributed by atoms with Gasteiger partial charge < -0.3 is 15.2 Å². The number of hydrogen-bond acceptors (Lipinski definition) is 4. The van der Waals surface area contributed by atoms with Gasteiger partial charge >= 0.3 is 0 Å². The monoisotopic (exact) mass is 306 g/mol. The molecule has 0 radical (unpaired) electrons. The van der Waals surface area contributed by atoms with Crippen LogP contribution in [0.1, 0.15) is 11.3 Å². The first kappa shape index (κ1) is 15.6. The molecule has 1 aromatic carbocycles. The Morgan fingerprint density at radius 1 is 1.24 bits per heavy atom. The molecule has 112 valence electrons. The lowest BCUT2D eigenvalue weighted by Crippen LogP contribution is -2.06. The maximum Gasteiger partial charge on any atom is 0.179 e. The van der Waals surface area contributed by atoms with Crippen molar-refractivity contribution in [2.75, 3.05) is 20.3 Å². The molecular formula is C16H19ClN2O2. The quantitative estimate of drug-likeness (QED) is 0.854. The zero-order valence-electron chi connectivity index (χ0n) is 12.0. The van der Waals surface area contributed by atoms with Gasteiger partial charge in [-0.1, -0.05) is 17.7 Å². The van der Waals surface area contributed by atoms with Crippen LogP contribution in [0.3, 0.4) is 0 Å². The lowest BCUT2D eigenvalue weighted by Gasteiger charge is -2.14. The number of halogens is 1. The van der Waals surface area contributed by atoms with Crippen LogP contribution in [0.15, 0.2) is 36.5 Å². The molecule has 0 aliphatic carbocycles.